The molecule has 3 heteroatoms. The van der Waals surface area contributed by atoms with Gasteiger partial charge < -0.3 is 0 Å². The normalized spacial score (nSPS) is 16.2. The van der Waals surface area contributed by atoms with Gasteiger partial charge in [-0.2, -0.15) is 0 Å². The third-order valence-corrected chi connectivity index (χ3v) is 10.6. The predicted octanol–water partition coefficient (Wildman–Crippen LogP) is 8.20. The van der Waals surface area contributed by atoms with Gasteiger partial charge in [-0.25, -0.2) is 0 Å². The van der Waals surface area contributed by atoms with E-state index in [0.29, 0.717) is 15.5 Å². The summed E-state index contributed by atoms with van der Waals surface area (Å²) in [6, 6.07) is 13.3. The average molecular weight is 466 g/mol. The van der Waals surface area contributed by atoms with Crippen LogP contribution in [-0.4, -0.2) is 0 Å². The van der Waals surface area contributed by atoms with Gasteiger partial charge in [0.15, 0.2) is 0 Å². The fourth-order valence-corrected chi connectivity index (χ4v) is 9.50. The van der Waals surface area contributed by atoms with Gasteiger partial charge in [0.05, 0.1) is 0 Å². The van der Waals surface area contributed by atoms with Crippen LogP contribution >= 0.6 is 17.0 Å². The summed E-state index contributed by atoms with van der Waals surface area (Å²) in [5.74, 6) is 1.08. The van der Waals surface area contributed by atoms with Crippen LogP contribution in [-0.2, 0) is 19.4 Å². The molecule has 0 spiro atoms. The molecule has 0 bridgehead atoms. The Labute approximate surface area is 173 Å². The Morgan fingerprint density at radius 2 is 1.69 bits per heavy atom. The second-order valence-corrected chi connectivity index (χ2v) is 16.8. The summed E-state index contributed by atoms with van der Waals surface area (Å²) in [4.78, 5) is 0. The number of halogens is 2. The zero-order valence-corrected chi connectivity index (χ0v) is 20.2. The SMILES string of the molecule is Cc1ccccc1-c1c(C(C)C)ccc2c1C=C(CC(C)C)[CH]2[Zr]([Cl])[Cl]. The molecule has 0 amide bonds. The minimum absolute atomic E-state index is 0.294. The van der Waals surface area contributed by atoms with Crippen LogP contribution in [0.4, 0.5) is 0 Å². The zero-order chi connectivity index (χ0) is 19.0. The summed E-state index contributed by atoms with van der Waals surface area (Å²) in [6.45, 7) is 11.3. The van der Waals surface area contributed by atoms with Crippen molar-refractivity contribution in [3.8, 4) is 11.1 Å². The maximum atomic E-state index is 6.64. The molecule has 0 radical (unpaired) electrons. The van der Waals surface area contributed by atoms with Gasteiger partial charge in [0.2, 0.25) is 0 Å². The van der Waals surface area contributed by atoms with Crippen molar-refractivity contribution in [2.75, 3.05) is 0 Å². The van der Waals surface area contributed by atoms with Gasteiger partial charge >= 0.3 is 174 Å². The van der Waals surface area contributed by atoms with Crippen molar-refractivity contribution in [3.05, 3.63) is 64.2 Å². The van der Waals surface area contributed by atoms with Gasteiger partial charge in [0.25, 0.3) is 0 Å². The summed E-state index contributed by atoms with van der Waals surface area (Å²) < 4.78 is 0.294. The van der Waals surface area contributed by atoms with E-state index in [1.165, 1.54) is 39.0 Å². The first-order valence-electron chi connectivity index (χ1n) is 9.42. The fraction of sp³-hybridized carbons (Fsp3) is 0.391. The molecule has 2 aromatic rings. The summed E-state index contributed by atoms with van der Waals surface area (Å²) >= 11 is -2.47. The topological polar surface area (TPSA) is 0 Å². The van der Waals surface area contributed by atoms with Gasteiger partial charge in [0, 0.05) is 0 Å². The second kappa shape index (κ2) is 8.34. The van der Waals surface area contributed by atoms with Crippen molar-refractivity contribution in [2.45, 2.75) is 50.6 Å². The standard InChI is InChI=1S/C23H27.2ClH.Zr/c1-15(2)12-18-13-19-10-11-20(16(3)4)23(22(19)14-18)21-9-7-6-8-17(21)5;;;/h6-11,13-16H,12H2,1-5H3;2*1H;/q;;;+2/p-2. The van der Waals surface area contributed by atoms with E-state index < -0.39 is 19.4 Å². The van der Waals surface area contributed by atoms with Crippen molar-refractivity contribution in [1.82, 2.24) is 0 Å². The van der Waals surface area contributed by atoms with E-state index in [2.05, 4.69) is 77.1 Å². The molecule has 0 nitrogen and oxygen atoms in total. The maximum absolute atomic E-state index is 6.64. The van der Waals surface area contributed by atoms with Crippen LogP contribution < -0.4 is 0 Å². The molecule has 0 heterocycles. The van der Waals surface area contributed by atoms with Crippen molar-refractivity contribution in [2.24, 2.45) is 5.92 Å². The first-order chi connectivity index (χ1) is 12.3. The summed E-state index contributed by atoms with van der Waals surface area (Å²) in [5, 5.41) is 0. The van der Waals surface area contributed by atoms with E-state index in [1.54, 1.807) is 0 Å². The quantitative estimate of drug-likeness (QED) is 0.417. The van der Waals surface area contributed by atoms with Gasteiger partial charge in [0.1, 0.15) is 0 Å². The first kappa shape index (κ1) is 20.4. The van der Waals surface area contributed by atoms with E-state index in [0.717, 1.165) is 6.42 Å². The van der Waals surface area contributed by atoms with Gasteiger partial charge in [-0.1, -0.05) is 0 Å². The number of fused-ring (bicyclic) bond motifs is 1. The monoisotopic (exact) mass is 463 g/mol. The van der Waals surface area contributed by atoms with E-state index >= 15 is 0 Å². The molecule has 1 atom stereocenters. The number of hydrogen-bond donors (Lipinski definition) is 0. The Balaban J connectivity index is 2.28. The molecule has 0 saturated carbocycles. The molecule has 0 aromatic heterocycles. The van der Waals surface area contributed by atoms with Crippen LogP contribution in [0, 0.1) is 12.8 Å². The van der Waals surface area contributed by atoms with Crippen molar-refractivity contribution < 1.29 is 19.4 Å². The van der Waals surface area contributed by atoms with E-state index in [1.807, 2.05) is 0 Å². The van der Waals surface area contributed by atoms with Crippen LogP contribution in [0.25, 0.3) is 17.2 Å². The summed E-state index contributed by atoms with van der Waals surface area (Å²) in [6.07, 6.45) is 3.49. The molecular formula is C23H27Cl2Zr. The Hall–Kier alpha value is -0.357. The van der Waals surface area contributed by atoms with E-state index in [4.69, 9.17) is 17.0 Å². The number of hydrogen-bond acceptors (Lipinski definition) is 0. The molecule has 1 unspecified atom stereocenters. The molecule has 0 saturated heterocycles. The molecule has 0 aliphatic heterocycles. The van der Waals surface area contributed by atoms with Crippen LogP contribution in [0.1, 0.15) is 65.9 Å². The first-order valence-corrected chi connectivity index (χ1v) is 17.2. The Morgan fingerprint density at radius 1 is 1.00 bits per heavy atom. The minimum atomic E-state index is -2.47. The van der Waals surface area contributed by atoms with Crippen molar-refractivity contribution in [1.29, 1.82) is 0 Å². The molecule has 26 heavy (non-hydrogen) atoms. The van der Waals surface area contributed by atoms with E-state index in [-0.39, 0.29) is 0 Å². The Bertz CT molecular complexity index is 834. The zero-order valence-electron chi connectivity index (χ0n) is 16.2. The molecule has 137 valence electrons. The Kier molecular flexibility index (Phi) is 6.54. The van der Waals surface area contributed by atoms with Crippen molar-refractivity contribution in [3.63, 3.8) is 0 Å². The third kappa shape index (κ3) is 3.92. The molecule has 1 aliphatic carbocycles. The molecule has 0 fully saturated rings. The summed E-state index contributed by atoms with van der Waals surface area (Å²) in [7, 11) is 13.3. The predicted molar refractivity (Wildman–Crippen MR) is 113 cm³/mol. The second-order valence-electron chi connectivity index (χ2n) is 8.04. The number of rotatable bonds is 5. The van der Waals surface area contributed by atoms with Crippen molar-refractivity contribution >= 4 is 23.1 Å². The number of benzene rings is 2. The van der Waals surface area contributed by atoms with Gasteiger partial charge in [-0.05, 0) is 0 Å². The molecule has 0 N–H and O–H groups in total. The fourth-order valence-electron chi connectivity index (χ4n) is 4.07. The van der Waals surface area contributed by atoms with Crippen LogP contribution in [0.2, 0.25) is 0 Å². The third-order valence-electron chi connectivity index (χ3n) is 5.22. The van der Waals surface area contributed by atoms with Gasteiger partial charge in [-0.3, -0.25) is 0 Å². The molecule has 3 rings (SSSR count). The molecular weight excluding hydrogens is 438 g/mol. The Morgan fingerprint density at radius 3 is 2.27 bits per heavy atom. The number of aryl methyl sites for hydroxylation is 1. The van der Waals surface area contributed by atoms with Crippen LogP contribution in [0.5, 0.6) is 0 Å². The van der Waals surface area contributed by atoms with Crippen LogP contribution in [0.15, 0.2) is 42.0 Å². The summed E-state index contributed by atoms with van der Waals surface area (Å²) in [5.41, 5.74) is 9.63. The average Bonchev–Trinajstić information content (AvgIpc) is 2.91. The molecule has 1 aliphatic rings. The number of allylic oxidation sites excluding steroid dienone is 1. The van der Waals surface area contributed by atoms with E-state index in [9.17, 15) is 0 Å². The van der Waals surface area contributed by atoms with Gasteiger partial charge in [-0.15, -0.1) is 0 Å². The molecule has 2 aromatic carbocycles. The van der Waals surface area contributed by atoms with Crippen LogP contribution in [0.3, 0.4) is 0 Å².